The molecule has 1 fully saturated rings. The zero-order valence-corrected chi connectivity index (χ0v) is 14.5. The average Bonchev–Trinajstić information content (AvgIpc) is 3.06. The molecule has 1 aliphatic rings. The molecule has 1 aromatic carbocycles. The summed E-state index contributed by atoms with van der Waals surface area (Å²) < 4.78 is 7.51. The van der Waals surface area contributed by atoms with Crippen molar-refractivity contribution < 1.29 is 9.21 Å². The maximum Gasteiger partial charge on any atom is 0.248 e. The van der Waals surface area contributed by atoms with Gasteiger partial charge in [0.15, 0.2) is 0 Å². The Balaban J connectivity index is 1.32. The molecule has 132 valence electrons. The fourth-order valence-corrected chi connectivity index (χ4v) is 2.91. The summed E-state index contributed by atoms with van der Waals surface area (Å²) in [6.07, 6.45) is 7.55. The van der Waals surface area contributed by atoms with Crippen LogP contribution in [-0.4, -0.2) is 20.7 Å². The van der Waals surface area contributed by atoms with Crippen LogP contribution in [0.5, 0.6) is 0 Å². The molecule has 4 rings (SSSR count). The first-order valence-corrected chi connectivity index (χ1v) is 8.67. The third-order valence-corrected chi connectivity index (χ3v) is 4.55. The highest BCUT2D eigenvalue weighted by Crippen LogP contribution is 2.47. The maximum absolute atomic E-state index is 12.1. The number of benzene rings is 1. The molecule has 1 N–H and O–H groups in total. The summed E-state index contributed by atoms with van der Waals surface area (Å²) >= 11 is 0. The van der Waals surface area contributed by atoms with E-state index in [1.165, 1.54) is 18.8 Å². The summed E-state index contributed by atoms with van der Waals surface area (Å²) in [6, 6.07) is 11.6. The summed E-state index contributed by atoms with van der Waals surface area (Å²) in [7, 11) is 0. The van der Waals surface area contributed by atoms with Crippen molar-refractivity contribution in [3.05, 3.63) is 72.2 Å². The Labute approximate surface area is 151 Å². The second-order valence-corrected chi connectivity index (χ2v) is 6.67. The van der Waals surface area contributed by atoms with Crippen LogP contribution in [0.15, 0.2) is 59.5 Å². The van der Waals surface area contributed by atoms with E-state index in [9.17, 15) is 4.79 Å². The molecule has 2 aromatic heterocycles. The summed E-state index contributed by atoms with van der Waals surface area (Å²) in [4.78, 5) is 16.0. The Morgan fingerprint density at radius 2 is 2.12 bits per heavy atom. The topological polar surface area (TPSA) is 73.0 Å². The van der Waals surface area contributed by atoms with E-state index in [0.29, 0.717) is 24.1 Å². The van der Waals surface area contributed by atoms with Gasteiger partial charge in [-0.1, -0.05) is 19.1 Å². The van der Waals surface area contributed by atoms with Crippen LogP contribution in [0.3, 0.4) is 0 Å². The minimum Gasteiger partial charge on any atom is -0.461 e. The number of hydrogen-bond acceptors (Lipinski definition) is 4. The van der Waals surface area contributed by atoms with Crippen molar-refractivity contribution in [2.45, 2.75) is 25.8 Å². The van der Waals surface area contributed by atoms with Gasteiger partial charge < -0.3 is 9.73 Å². The minimum absolute atomic E-state index is 0.188. The molecule has 1 saturated carbocycles. The zero-order valence-electron chi connectivity index (χ0n) is 14.5. The second kappa shape index (κ2) is 7.00. The van der Waals surface area contributed by atoms with Gasteiger partial charge in [0.25, 0.3) is 0 Å². The summed E-state index contributed by atoms with van der Waals surface area (Å²) in [5, 5.41) is 6.92. The van der Waals surface area contributed by atoms with Gasteiger partial charge in [0, 0.05) is 17.7 Å². The van der Waals surface area contributed by atoms with Gasteiger partial charge in [0.05, 0.1) is 6.54 Å². The van der Waals surface area contributed by atoms with E-state index in [4.69, 9.17) is 4.42 Å². The highest BCUT2D eigenvalue weighted by Gasteiger charge is 2.36. The molecule has 3 aromatic rings. The lowest BCUT2D eigenvalue weighted by Gasteiger charge is -2.04. The minimum atomic E-state index is -0.188. The first-order chi connectivity index (χ1) is 12.7. The number of rotatable bonds is 6. The zero-order chi connectivity index (χ0) is 17.9. The number of carbonyl (C=O) groups excluding carboxylic acids is 1. The van der Waals surface area contributed by atoms with E-state index in [2.05, 4.69) is 22.3 Å². The van der Waals surface area contributed by atoms with Gasteiger partial charge in [-0.05, 0) is 48.2 Å². The molecule has 26 heavy (non-hydrogen) atoms. The Morgan fingerprint density at radius 1 is 1.31 bits per heavy atom. The Hall–Kier alpha value is -3.15. The molecule has 0 aliphatic heterocycles. The van der Waals surface area contributed by atoms with Crippen molar-refractivity contribution in [1.82, 2.24) is 14.8 Å². The molecular weight excluding hydrogens is 328 g/mol. The fourth-order valence-electron chi connectivity index (χ4n) is 2.91. The maximum atomic E-state index is 12.1. The molecule has 2 heterocycles. The smallest absolute Gasteiger partial charge is 0.248 e. The molecule has 0 saturated heterocycles. The Morgan fingerprint density at radius 3 is 2.81 bits per heavy atom. The average molecular weight is 348 g/mol. The van der Waals surface area contributed by atoms with Crippen LogP contribution < -0.4 is 5.32 Å². The quantitative estimate of drug-likeness (QED) is 0.690. The number of anilines is 1. The van der Waals surface area contributed by atoms with Crippen molar-refractivity contribution in [3.63, 3.8) is 0 Å². The van der Waals surface area contributed by atoms with Crippen LogP contribution in [0.2, 0.25) is 0 Å². The lowest BCUT2D eigenvalue weighted by Crippen LogP contribution is -2.08. The molecule has 0 spiro atoms. The summed E-state index contributed by atoms with van der Waals surface area (Å²) in [6.45, 7) is 2.86. The number of nitrogens with zero attached hydrogens (tertiary/aromatic N) is 3. The first-order valence-electron chi connectivity index (χ1n) is 8.67. The Bertz CT molecular complexity index is 910. The molecule has 0 bridgehead atoms. The van der Waals surface area contributed by atoms with Crippen molar-refractivity contribution in [2.24, 2.45) is 5.92 Å². The van der Waals surface area contributed by atoms with E-state index < -0.39 is 0 Å². The van der Waals surface area contributed by atoms with Crippen molar-refractivity contribution >= 4 is 17.7 Å². The monoisotopic (exact) mass is 348 g/mol. The van der Waals surface area contributed by atoms with Gasteiger partial charge in [-0.25, -0.2) is 9.67 Å². The van der Waals surface area contributed by atoms with Crippen LogP contribution >= 0.6 is 0 Å². The third-order valence-electron chi connectivity index (χ3n) is 4.55. The summed E-state index contributed by atoms with van der Waals surface area (Å²) in [5.74, 6) is 2.78. The Kier molecular flexibility index (Phi) is 4.39. The van der Waals surface area contributed by atoms with E-state index in [1.54, 1.807) is 17.1 Å². The van der Waals surface area contributed by atoms with E-state index in [1.807, 2.05) is 36.4 Å². The third kappa shape index (κ3) is 3.91. The van der Waals surface area contributed by atoms with Crippen LogP contribution in [0.25, 0.3) is 6.08 Å². The van der Waals surface area contributed by atoms with Crippen molar-refractivity contribution in [2.75, 3.05) is 5.32 Å². The van der Waals surface area contributed by atoms with Gasteiger partial charge in [-0.2, -0.15) is 5.10 Å². The highest BCUT2D eigenvalue weighted by atomic mass is 16.3. The van der Waals surface area contributed by atoms with Crippen LogP contribution in [0.4, 0.5) is 5.69 Å². The van der Waals surface area contributed by atoms with Crippen LogP contribution in [0, 0.1) is 5.92 Å². The van der Waals surface area contributed by atoms with E-state index >= 15 is 0 Å². The molecule has 1 amide bonds. The number of aromatic nitrogens is 3. The fraction of sp³-hybridized carbons (Fsp3) is 0.250. The van der Waals surface area contributed by atoms with Gasteiger partial charge in [-0.3, -0.25) is 4.79 Å². The second-order valence-electron chi connectivity index (χ2n) is 6.67. The lowest BCUT2D eigenvalue weighted by atomic mass is 10.2. The molecule has 6 heteroatoms. The molecule has 6 nitrogen and oxygen atoms in total. The van der Waals surface area contributed by atoms with Crippen molar-refractivity contribution in [1.29, 1.82) is 0 Å². The predicted molar refractivity (Wildman–Crippen MR) is 98.5 cm³/mol. The number of hydrogen-bond donors (Lipinski definition) is 1. The number of furan rings is 1. The molecule has 1 aliphatic carbocycles. The number of nitrogens with one attached hydrogen (secondary N) is 1. The van der Waals surface area contributed by atoms with Crippen molar-refractivity contribution in [3.8, 4) is 0 Å². The SMILES string of the molecule is C[C@@H]1C[C@@H]1c1ccc(/C=C\C(=O)Nc2ccc(Cn3cncn3)cc2)o1. The molecule has 0 radical (unpaired) electrons. The predicted octanol–water partition coefficient (Wildman–Crippen LogP) is 3.69. The standard InChI is InChI=1S/C20H20N4O2/c1-14-10-18(14)19-8-6-17(26-19)7-9-20(25)23-16-4-2-15(3-5-16)11-24-13-21-12-22-24/h2-9,12-14,18H,10-11H2,1H3,(H,23,25)/b9-7-/t14-,18+/m1/s1. The first kappa shape index (κ1) is 16.3. The lowest BCUT2D eigenvalue weighted by molar-refractivity contribution is -0.111. The number of carbonyl (C=O) groups is 1. The largest absolute Gasteiger partial charge is 0.461 e. The normalized spacial score (nSPS) is 19.0. The highest BCUT2D eigenvalue weighted by molar-refractivity contribution is 6.01. The van der Waals surface area contributed by atoms with E-state index in [-0.39, 0.29) is 5.91 Å². The van der Waals surface area contributed by atoms with Crippen LogP contribution in [0.1, 0.15) is 36.3 Å². The van der Waals surface area contributed by atoms with Gasteiger partial charge in [0.1, 0.15) is 24.2 Å². The van der Waals surface area contributed by atoms with E-state index in [0.717, 1.165) is 17.0 Å². The van der Waals surface area contributed by atoms with Gasteiger partial charge in [-0.15, -0.1) is 0 Å². The molecule has 2 atom stereocenters. The summed E-state index contributed by atoms with van der Waals surface area (Å²) in [5.41, 5.74) is 1.83. The van der Waals surface area contributed by atoms with Gasteiger partial charge >= 0.3 is 0 Å². The molecular formula is C20H20N4O2. The van der Waals surface area contributed by atoms with Gasteiger partial charge in [0.2, 0.25) is 5.91 Å². The molecule has 0 unspecified atom stereocenters. The van der Waals surface area contributed by atoms with Crippen LogP contribution in [-0.2, 0) is 11.3 Å². The number of amides is 1.